The molecule has 3 aromatic rings. The molecule has 0 aliphatic rings. The molecule has 3 rings (SSSR count). The Morgan fingerprint density at radius 3 is 1.97 bits per heavy atom. The Bertz CT molecular complexity index is 1060. The Balaban J connectivity index is 1.90. The summed E-state index contributed by atoms with van der Waals surface area (Å²) in [5, 5.41) is 0. The molecule has 0 saturated heterocycles. The maximum absolute atomic E-state index is 14.7. The molecule has 6 heteroatoms. The first-order valence-corrected chi connectivity index (χ1v) is 9.32. The lowest BCUT2D eigenvalue weighted by Crippen LogP contribution is -2.02. The van der Waals surface area contributed by atoms with E-state index in [0.29, 0.717) is 5.56 Å². The van der Waals surface area contributed by atoms with Gasteiger partial charge in [-0.1, -0.05) is 55.8 Å². The molecule has 0 bridgehead atoms. The van der Waals surface area contributed by atoms with Gasteiger partial charge < -0.3 is 0 Å². The predicted molar refractivity (Wildman–Crippen MR) is 106 cm³/mol. The SMILES string of the molecule is CCCc1ccc(-c2ccc(-c3ccc(/C(F)=C/C(F)(F)F)c(F)c3)c(F)c2)cc1. The van der Waals surface area contributed by atoms with Crippen molar-refractivity contribution in [3.05, 3.63) is 89.5 Å². The topological polar surface area (TPSA) is 0 Å². The first-order valence-electron chi connectivity index (χ1n) is 9.32. The molecule has 0 aliphatic heterocycles. The third-order valence-electron chi connectivity index (χ3n) is 4.62. The van der Waals surface area contributed by atoms with Crippen molar-refractivity contribution in [1.82, 2.24) is 0 Å². The molecule has 0 heterocycles. The van der Waals surface area contributed by atoms with E-state index in [0.717, 1.165) is 30.5 Å². The summed E-state index contributed by atoms with van der Waals surface area (Å²) in [6, 6.07) is 15.0. The Labute approximate surface area is 170 Å². The fourth-order valence-electron chi connectivity index (χ4n) is 3.18. The van der Waals surface area contributed by atoms with Crippen LogP contribution in [-0.4, -0.2) is 6.18 Å². The molecule has 0 aromatic heterocycles. The van der Waals surface area contributed by atoms with Crippen molar-refractivity contribution in [2.75, 3.05) is 0 Å². The highest BCUT2D eigenvalue weighted by Crippen LogP contribution is 2.32. The quantitative estimate of drug-likeness (QED) is 0.366. The minimum absolute atomic E-state index is 0.0620. The number of alkyl halides is 3. The van der Waals surface area contributed by atoms with Crippen LogP contribution in [0.4, 0.5) is 26.3 Å². The molecule has 0 spiro atoms. The highest BCUT2D eigenvalue weighted by Gasteiger charge is 2.26. The third-order valence-corrected chi connectivity index (χ3v) is 4.62. The average Bonchev–Trinajstić information content (AvgIpc) is 2.67. The van der Waals surface area contributed by atoms with Crippen LogP contribution in [0.25, 0.3) is 28.1 Å². The van der Waals surface area contributed by atoms with Crippen molar-refractivity contribution in [3.63, 3.8) is 0 Å². The van der Waals surface area contributed by atoms with Crippen LogP contribution in [0.3, 0.4) is 0 Å². The highest BCUT2D eigenvalue weighted by atomic mass is 19.4. The zero-order valence-corrected chi connectivity index (χ0v) is 16.0. The molecule has 0 atom stereocenters. The lowest BCUT2D eigenvalue weighted by molar-refractivity contribution is -0.0798. The number of benzene rings is 3. The zero-order valence-electron chi connectivity index (χ0n) is 16.0. The van der Waals surface area contributed by atoms with Crippen molar-refractivity contribution in [1.29, 1.82) is 0 Å². The van der Waals surface area contributed by atoms with E-state index >= 15 is 0 Å². The Morgan fingerprint density at radius 1 is 0.800 bits per heavy atom. The second-order valence-electron chi connectivity index (χ2n) is 6.87. The van der Waals surface area contributed by atoms with Gasteiger partial charge in [-0.2, -0.15) is 13.2 Å². The van der Waals surface area contributed by atoms with E-state index in [-0.39, 0.29) is 11.1 Å². The molecule has 0 radical (unpaired) electrons. The summed E-state index contributed by atoms with van der Waals surface area (Å²) >= 11 is 0. The Morgan fingerprint density at radius 2 is 1.40 bits per heavy atom. The standard InChI is InChI=1S/C24H18F6/c1-2-3-15-4-6-16(7-5-15)17-8-10-19(21(25)12-17)18-9-11-20(22(26)13-18)23(27)14-24(28,29)30/h4-14H,2-3H2,1H3/b23-14-. The van der Waals surface area contributed by atoms with Gasteiger partial charge in [0.1, 0.15) is 17.5 Å². The van der Waals surface area contributed by atoms with Gasteiger partial charge in [0.15, 0.2) is 0 Å². The van der Waals surface area contributed by atoms with Gasteiger partial charge in [-0.05, 0) is 46.9 Å². The van der Waals surface area contributed by atoms with Crippen LogP contribution in [0.2, 0.25) is 0 Å². The van der Waals surface area contributed by atoms with Crippen LogP contribution in [0.15, 0.2) is 66.7 Å². The molecule has 0 N–H and O–H groups in total. The highest BCUT2D eigenvalue weighted by molar-refractivity contribution is 5.73. The average molecular weight is 420 g/mol. The normalized spacial score (nSPS) is 12.3. The molecule has 3 aromatic carbocycles. The molecule has 0 unspecified atom stereocenters. The largest absolute Gasteiger partial charge is 0.412 e. The number of aryl methyl sites for hydroxylation is 1. The Hall–Kier alpha value is -3.02. The fraction of sp³-hybridized carbons (Fsp3) is 0.167. The zero-order chi connectivity index (χ0) is 21.9. The van der Waals surface area contributed by atoms with Crippen molar-refractivity contribution in [3.8, 4) is 22.3 Å². The van der Waals surface area contributed by atoms with Gasteiger partial charge in [-0.3, -0.25) is 0 Å². The molecule has 0 amide bonds. The fourth-order valence-corrected chi connectivity index (χ4v) is 3.18. The van der Waals surface area contributed by atoms with Crippen LogP contribution in [0.1, 0.15) is 24.5 Å². The molecule has 30 heavy (non-hydrogen) atoms. The van der Waals surface area contributed by atoms with E-state index in [4.69, 9.17) is 0 Å². The van der Waals surface area contributed by atoms with E-state index in [1.54, 1.807) is 6.07 Å². The van der Waals surface area contributed by atoms with Gasteiger partial charge in [-0.15, -0.1) is 0 Å². The molecule has 0 nitrogen and oxygen atoms in total. The maximum atomic E-state index is 14.7. The van der Waals surface area contributed by atoms with Crippen LogP contribution >= 0.6 is 0 Å². The first kappa shape index (κ1) is 21.7. The van der Waals surface area contributed by atoms with Crippen molar-refractivity contribution in [2.24, 2.45) is 0 Å². The second kappa shape index (κ2) is 8.78. The van der Waals surface area contributed by atoms with Crippen molar-refractivity contribution >= 4 is 5.83 Å². The van der Waals surface area contributed by atoms with Crippen LogP contribution in [0.5, 0.6) is 0 Å². The number of halogens is 6. The minimum Gasteiger partial charge on any atom is -0.206 e. The third kappa shape index (κ3) is 5.12. The smallest absolute Gasteiger partial charge is 0.206 e. The van der Waals surface area contributed by atoms with Gasteiger partial charge in [0.2, 0.25) is 0 Å². The van der Waals surface area contributed by atoms with E-state index < -0.39 is 35.3 Å². The molecule has 0 saturated carbocycles. The maximum Gasteiger partial charge on any atom is 0.412 e. The molecular weight excluding hydrogens is 402 g/mol. The lowest BCUT2D eigenvalue weighted by Gasteiger charge is -2.09. The number of rotatable bonds is 5. The van der Waals surface area contributed by atoms with E-state index in [9.17, 15) is 26.3 Å². The van der Waals surface area contributed by atoms with E-state index in [2.05, 4.69) is 6.92 Å². The summed E-state index contributed by atoms with van der Waals surface area (Å²) in [4.78, 5) is 0. The van der Waals surface area contributed by atoms with Gasteiger partial charge in [0, 0.05) is 11.1 Å². The predicted octanol–water partition coefficient (Wildman–Crippen LogP) is 8.12. The van der Waals surface area contributed by atoms with Crippen LogP contribution < -0.4 is 0 Å². The van der Waals surface area contributed by atoms with Gasteiger partial charge in [0.05, 0.1) is 6.08 Å². The van der Waals surface area contributed by atoms with Gasteiger partial charge in [-0.25, -0.2) is 13.2 Å². The Kier molecular flexibility index (Phi) is 6.34. The van der Waals surface area contributed by atoms with Gasteiger partial charge in [0.25, 0.3) is 0 Å². The molecule has 0 aliphatic carbocycles. The summed E-state index contributed by atoms with van der Waals surface area (Å²) in [5.41, 5.74) is 1.96. The summed E-state index contributed by atoms with van der Waals surface area (Å²) in [6.45, 7) is 2.08. The monoisotopic (exact) mass is 420 g/mol. The van der Waals surface area contributed by atoms with Crippen molar-refractivity contribution < 1.29 is 26.3 Å². The number of hydrogen-bond acceptors (Lipinski definition) is 0. The summed E-state index contributed by atoms with van der Waals surface area (Å²) in [5.74, 6) is -3.57. The number of allylic oxidation sites excluding steroid dienone is 1. The lowest BCUT2D eigenvalue weighted by atomic mass is 9.97. The molecule has 0 fully saturated rings. The summed E-state index contributed by atoms with van der Waals surface area (Å²) < 4.78 is 79.3. The molecular formula is C24H18F6. The van der Waals surface area contributed by atoms with E-state index in [1.807, 2.05) is 24.3 Å². The van der Waals surface area contributed by atoms with E-state index in [1.165, 1.54) is 23.8 Å². The van der Waals surface area contributed by atoms with Crippen LogP contribution in [-0.2, 0) is 6.42 Å². The minimum atomic E-state index is -4.91. The second-order valence-corrected chi connectivity index (χ2v) is 6.87. The molecule has 156 valence electrons. The first-order chi connectivity index (χ1) is 14.2. The summed E-state index contributed by atoms with van der Waals surface area (Å²) in [6.07, 6.45) is -3.56. The number of hydrogen-bond donors (Lipinski definition) is 0. The van der Waals surface area contributed by atoms with Crippen LogP contribution in [0, 0.1) is 11.6 Å². The summed E-state index contributed by atoms with van der Waals surface area (Å²) in [7, 11) is 0. The van der Waals surface area contributed by atoms with Crippen molar-refractivity contribution in [2.45, 2.75) is 25.9 Å². The van der Waals surface area contributed by atoms with Gasteiger partial charge >= 0.3 is 6.18 Å².